The third-order valence-corrected chi connectivity index (χ3v) is 5.63. The summed E-state index contributed by atoms with van der Waals surface area (Å²) in [4.78, 5) is 1.30. The van der Waals surface area contributed by atoms with Crippen LogP contribution in [-0.4, -0.2) is 20.0 Å². The predicted octanol–water partition coefficient (Wildman–Crippen LogP) is 6.32. The van der Waals surface area contributed by atoms with Crippen molar-refractivity contribution >= 4 is 51.5 Å². The molecule has 0 bridgehead atoms. The van der Waals surface area contributed by atoms with E-state index in [-0.39, 0.29) is 0 Å². The monoisotopic (exact) mass is 423 g/mol. The summed E-state index contributed by atoms with van der Waals surface area (Å²) in [6.45, 7) is 5.96. The highest BCUT2D eigenvalue weighted by Gasteiger charge is 2.32. The lowest BCUT2D eigenvalue weighted by molar-refractivity contribution is 0.220. The van der Waals surface area contributed by atoms with Crippen LogP contribution in [0.3, 0.4) is 0 Å². The molecule has 0 saturated heterocycles. The van der Waals surface area contributed by atoms with E-state index in [4.69, 9.17) is 44.9 Å². The molecule has 0 saturated carbocycles. The van der Waals surface area contributed by atoms with Crippen molar-refractivity contribution in [1.29, 1.82) is 5.41 Å². The van der Waals surface area contributed by atoms with Crippen LogP contribution in [0.5, 0.6) is 0 Å². The highest BCUT2D eigenvalue weighted by Crippen LogP contribution is 2.31. The Bertz CT molecular complexity index is 624. The molecule has 0 radical (unpaired) electrons. The fourth-order valence-corrected chi connectivity index (χ4v) is 3.64. The Hall–Kier alpha value is -0.550. The second-order valence-corrected chi connectivity index (χ2v) is 9.43. The number of nitrogens with one attached hydrogen (secondary N) is 1. The molecule has 7 heteroatoms. The zero-order chi connectivity index (χ0) is 19.0. The molecule has 1 aromatic rings. The number of hydrogen-bond acceptors (Lipinski definition) is 3. The van der Waals surface area contributed by atoms with Gasteiger partial charge in [0, 0.05) is 4.90 Å². The Kier molecular flexibility index (Phi) is 9.50. The van der Waals surface area contributed by atoms with Gasteiger partial charge in [-0.15, -0.1) is 0 Å². The van der Waals surface area contributed by atoms with Gasteiger partial charge in [-0.25, -0.2) is 4.21 Å². The number of hydrogen-bond donors (Lipinski definition) is 1. The van der Waals surface area contributed by atoms with Gasteiger partial charge in [-0.2, -0.15) is 0 Å². The van der Waals surface area contributed by atoms with E-state index in [0.29, 0.717) is 16.2 Å². The first-order chi connectivity index (χ1) is 11.7. The highest BCUT2D eigenvalue weighted by atomic mass is 35.6. The van der Waals surface area contributed by atoms with E-state index in [0.717, 1.165) is 24.8 Å². The molecule has 0 aromatic heterocycles. The van der Waals surface area contributed by atoms with E-state index in [1.807, 2.05) is 44.2 Å². The van der Waals surface area contributed by atoms with Gasteiger partial charge in [0.15, 0.2) is 0 Å². The number of ether oxygens (including phenoxy) is 1. The maximum absolute atomic E-state index is 13.1. The Morgan fingerprint density at radius 2 is 1.88 bits per heavy atom. The summed E-state index contributed by atoms with van der Waals surface area (Å²) in [6, 6.07) is 7.52. The van der Waals surface area contributed by atoms with E-state index in [2.05, 4.69) is 6.92 Å². The summed E-state index contributed by atoms with van der Waals surface area (Å²) in [7, 11) is -1.40. The van der Waals surface area contributed by atoms with Crippen LogP contribution in [0, 0.1) is 12.3 Å². The quantitative estimate of drug-likeness (QED) is 0.230. The number of aryl methyl sites for hydroxylation is 1. The largest absolute Gasteiger partial charge is 0.469 e. The van der Waals surface area contributed by atoms with Crippen molar-refractivity contribution in [2.75, 3.05) is 0 Å². The van der Waals surface area contributed by atoms with E-state index in [9.17, 15) is 4.21 Å². The summed E-state index contributed by atoms with van der Waals surface area (Å²) in [5.41, 5.74) is 1.10. The third-order valence-electron chi connectivity index (χ3n) is 3.56. The Morgan fingerprint density at radius 1 is 1.28 bits per heavy atom. The Morgan fingerprint density at radius 3 is 2.36 bits per heavy atom. The molecule has 2 atom stereocenters. The summed E-state index contributed by atoms with van der Waals surface area (Å²) in [5, 5.41) is 7.81. The molecule has 0 heterocycles. The van der Waals surface area contributed by atoms with E-state index in [1.54, 1.807) is 0 Å². The molecule has 0 fully saturated rings. The van der Waals surface area contributed by atoms with Crippen LogP contribution in [0.2, 0.25) is 0 Å². The van der Waals surface area contributed by atoms with Crippen LogP contribution >= 0.6 is 34.8 Å². The van der Waals surface area contributed by atoms with Crippen LogP contribution in [0.4, 0.5) is 0 Å². The highest BCUT2D eigenvalue weighted by molar-refractivity contribution is 7.89. The van der Waals surface area contributed by atoms with Crippen LogP contribution in [0.25, 0.3) is 0 Å². The predicted molar refractivity (Wildman–Crippen MR) is 108 cm³/mol. The smallest absolute Gasteiger partial charge is 0.265 e. The van der Waals surface area contributed by atoms with Gasteiger partial charge in [0.25, 0.3) is 3.79 Å². The zero-order valence-electron chi connectivity index (χ0n) is 14.7. The Labute approximate surface area is 167 Å². The van der Waals surface area contributed by atoms with Gasteiger partial charge < -0.3 is 4.74 Å². The number of benzene rings is 1. The lowest BCUT2D eigenvalue weighted by Crippen LogP contribution is -2.29. The van der Waals surface area contributed by atoms with Gasteiger partial charge in [-0.05, 0) is 31.9 Å². The fourth-order valence-electron chi connectivity index (χ4n) is 2.12. The zero-order valence-corrected chi connectivity index (χ0v) is 17.7. The molecule has 140 valence electrons. The van der Waals surface area contributed by atoms with Crippen LogP contribution < -0.4 is 0 Å². The van der Waals surface area contributed by atoms with Gasteiger partial charge in [0.05, 0.1) is 15.7 Å². The molecule has 0 spiro atoms. The van der Waals surface area contributed by atoms with Crippen molar-refractivity contribution in [3.63, 3.8) is 0 Å². The van der Waals surface area contributed by atoms with Gasteiger partial charge in [0.1, 0.15) is 6.10 Å². The van der Waals surface area contributed by atoms with E-state index in [1.165, 1.54) is 0 Å². The normalized spacial score (nSPS) is 14.9. The van der Waals surface area contributed by atoms with Crippen LogP contribution in [-0.2, 0) is 15.5 Å². The van der Waals surface area contributed by atoms with Crippen molar-refractivity contribution < 1.29 is 8.95 Å². The second-order valence-electron chi connectivity index (χ2n) is 5.67. The minimum absolute atomic E-state index is 0.466. The first-order valence-corrected chi connectivity index (χ1v) is 10.5. The minimum Gasteiger partial charge on any atom is -0.469 e. The van der Waals surface area contributed by atoms with Crippen molar-refractivity contribution in [3.05, 3.63) is 40.8 Å². The van der Waals surface area contributed by atoms with Crippen molar-refractivity contribution in [2.45, 2.75) is 61.2 Å². The minimum atomic E-state index is -1.94. The summed E-state index contributed by atoms with van der Waals surface area (Å²) >= 11 is 17.1. The summed E-state index contributed by atoms with van der Waals surface area (Å²) < 4.78 is 16.7. The fraction of sp³-hybridized carbons (Fsp3) is 0.500. The standard InChI is InChI=1S/C18H24Cl3NO2S/c1-4-6-7-8-16(15(5-2)24-17(22)18(19,20)21)25(23)14-11-9-13(3)10-12-14/h8-12,15,22H,4-7H2,1-3H3/b16-8+,22-17?/t15-,25-/m0/s1. The molecule has 25 heavy (non-hydrogen) atoms. The molecular formula is C18H24Cl3NO2S. The maximum atomic E-state index is 13.1. The SMILES string of the molecule is CCCC/C=C(\[C@H](CC)OC(=N)C(Cl)(Cl)Cl)[S@@](=O)c1ccc(C)cc1. The van der Waals surface area contributed by atoms with Crippen molar-refractivity contribution in [1.82, 2.24) is 0 Å². The van der Waals surface area contributed by atoms with E-state index < -0.39 is 26.6 Å². The Balaban J connectivity index is 3.12. The number of halogens is 3. The van der Waals surface area contributed by atoms with Crippen molar-refractivity contribution in [3.8, 4) is 0 Å². The number of unbranched alkanes of at least 4 members (excludes halogenated alkanes) is 2. The summed E-state index contributed by atoms with van der Waals surface area (Å²) in [6.07, 6.45) is 4.65. The lowest BCUT2D eigenvalue weighted by atomic mass is 10.2. The van der Waals surface area contributed by atoms with Crippen LogP contribution in [0.1, 0.15) is 45.1 Å². The van der Waals surface area contributed by atoms with Gasteiger partial charge in [-0.1, -0.05) is 85.3 Å². The third kappa shape index (κ3) is 7.30. The number of alkyl halides is 3. The van der Waals surface area contributed by atoms with Crippen LogP contribution in [0.15, 0.2) is 40.1 Å². The number of allylic oxidation sites excluding steroid dienone is 1. The first kappa shape index (κ1) is 22.5. The average molecular weight is 425 g/mol. The maximum Gasteiger partial charge on any atom is 0.265 e. The van der Waals surface area contributed by atoms with Gasteiger partial charge >= 0.3 is 0 Å². The molecule has 3 nitrogen and oxygen atoms in total. The van der Waals surface area contributed by atoms with Gasteiger partial charge in [-0.3, -0.25) is 5.41 Å². The molecular weight excluding hydrogens is 401 g/mol. The molecule has 0 aliphatic heterocycles. The molecule has 1 rings (SSSR count). The molecule has 0 aliphatic rings. The number of rotatable bonds is 8. The van der Waals surface area contributed by atoms with Crippen molar-refractivity contribution in [2.24, 2.45) is 0 Å². The molecule has 1 aromatic carbocycles. The molecule has 1 N–H and O–H groups in total. The molecule has 0 unspecified atom stereocenters. The second kappa shape index (κ2) is 10.6. The van der Waals surface area contributed by atoms with E-state index >= 15 is 0 Å². The lowest BCUT2D eigenvalue weighted by Gasteiger charge is -2.23. The topological polar surface area (TPSA) is 50.1 Å². The molecule has 0 aliphatic carbocycles. The summed E-state index contributed by atoms with van der Waals surface area (Å²) in [5.74, 6) is -0.466. The first-order valence-electron chi connectivity index (χ1n) is 8.21. The average Bonchev–Trinajstić information content (AvgIpc) is 2.56. The van der Waals surface area contributed by atoms with Gasteiger partial charge in [0.2, 0.25) is 5.90 Å². The molecule has 0 amide bonds.